The summed E-state index contributed by atoms with van der Waals surface area (Å²) in [5.41, 5.74) is 2.37. The van der Waals surface area contributed by atoms with E-state index in [1.807, 2.05) is 0 Å². The molecule has 1 aromatic rings. The minimum absolute atomic E-state index is 0.359. The number of likely N-dealkylation sites (tertiary alicyclic amines) is 1. The van der Waals surface area contributed by atoms with Crippen LogP contribution in [0.15, 0.2) is 24.3 Å². The number of hydrogen-bond acceptors (Lipinski definition) is 2. The molecule has 2 nitrogen and oxygen atoms in total. The van der Waals surface area contributed by atoms with E-state index in [0.717, 1.165) is 31.0 Å². The topological polar surface area (TPSA) is 23.5 Å². The van der Waals surface area contributed by atoms with Crippen molar-refractivity contribution in [2.24, 2.45) is 5.92 Å². The number of aliphatic hydroxyl groups is 1. The van der Waals surface area contributed by atoms with Crippen LogP contribution in [0.25, 0.3) is 0 Å². The SMILES string of the molecule is CCc1ccc(C(O)CN2CCC(C)CC2C)cc1. The number of β-amino-alcohol motifs (C(OH)–C–C–N with tert-alkyl or cyclic N) is 1. The number of rotatable bonds is 4. The Morgan fingerprint density at radius 3 is 2.53 bits per heavy atom. The summed E-state index contributed by atoms with van der Waals surface area (Å²) in [5, 5.41) is 10.4. The Hall–Kier alpha value is -0.860. The zero-order valence-electron chi connectivity index (χ0n) is 12.5. The van der Waals surface area contributed by atoms with Crippen LogP contribution in [0.2, 0.25) is 0 Å². The van der Waals surface area contributed by atoms with Gasteiger partial charge in [0.25, 0.3) is 0 Å². The first-order valence-corrected chi connectivity index (χ1v) is 7.61. The molecule has 2 heteroatoms. The highest BCUT2D eigenvalue weighted by Crippen LogP contribution is 2.24. The molecule has 1 aromatic carbocycles. The van der Waals surface area contributed by atoms with E-state index in [-0.39, 0.29) is 6.10 Å². The second kappa shape index (κ2) is 6.53. The molecule has 19 heavy (non-hydrogen) atoms. The zero-order valence-corrected chi connectivity index (χ0v) is 12.5. The molecule has 3 atom stereocenters. The summed E-state index contributed by atoms with van der Waals surface area (Å²) < 4.78 is 0. The maximum absolute atomic E-state index is 10.4. The molecular weight excluding hydrogens is 234 g/mol. The molecule has 1 aliphatic rings. The van der Waals surface area contributed by atoms with Crippen LogP contribution in [-0.2, 0) is 6.42 Å². The minimum atomic E-state index is -0.359. The van der Waals surface area contributed by atoms with Crippen LogP contribution >= 0.6 is 0 Å². The molecule has 1 N–H and O–H groups in total. The summed E-state index contributed by atoms with van der Waals surface area (Å²) in [5.74, 6) is 0.826. The fraction of sp³-hybridized carbons (Fsp3) is 0.647. The fourth-order valence-electron chi connectivity index (χ4n) is 3.03. The summed E-state index contributed by atoms with van der Waals surface area (Å²) in [6.07, 6.45) is 3.20. The van der Waals surface area contributed by atoms with E-state index in [1.165, 1.54) is 18.4 Å². The number of aryl methyl sites for hydroxylation is 1. The lowest BCUT2D eigenvalue weighted by atomic mass is 9.93. The maximum atomic E-state index is 10.4. The van der Waals surface area contributed by atoms with E-state index in [9.17, 15) is 5.11 Å². The molecule has 0 saturated carbocycles. The molecule has 0 radical (unpaired) electrons. The van der Waals surface area contributed by atoms with Gasteiger partial charge in [-0.2, -0.15) is 0 Å². The predicted octanol–water partition coefficient (Wildman–Crippen LogP) is 3.40. The molecule has 0 spiro atoms. The predicted molar refractivity (Wildman–Crippen MR) is 80.2 cm³/mol. The number of hydrogen-bond donors (Lipinski definition) is 1. The van der Waals surface area contributed by atoms with Gasteiger partial charge in [-0.25, -0.2) is 0 Å². The number of aliphatic hydroxyl groups excluding tert-OH is 1. The molecule has 0 aliphatic carbocycles. The van der Waals surface area contributed by atoms with Gasteiger partial charge in [0.2, 0.25) is 0 Å². The molecule has 1 heterocycles. The van der Waals surface area contributed by atoms with Crippen LogP contribution in [0, 0.1) is 5.92 Å². The third-order valence-corrected chi connectivity index (χ3v) is 4.46. The molecule has 1 aliphatic heterocycles. The van der Waals surface area contributed by atoms with Crippen molar-refractivity contribution in [3.8, 4) is 0 Å². The highest BCUT2D eigenvalue weighted by molar-refractivity contribution is 5.24. The van der Waals surface area contributed by atoms with Gasteiger partial charge in [0.05, 0.1) is 6.10 Å². The van der Waals surface area contributed by atoms with Gasteiger partial charge in [0, 0.05) is 12.6 Å². The normalized spacial score (nSPS) is 26.3. The number of nitrogens with zero attached hydrogens (tertiary/aromatic N) is 1. The van der Waals surface area contributed by atoms with Crippen molar-refractivity contribution < 1.29 is 5.11 Å². The molecule has 0 amide bonds. The van der Waals surface area contributed by atoms with Gasteiger partial charge in [0.1, 0.15) is 0 Å². The quantitative estimate of drug-likeness (QED) is 0.898. The van der Waals surface area contributed by atoms with Crippen molar-refractivity contribution in [3.63, 3.8) is 0 Å². The maximum Gasteiger partial charge on any atom is 0.0917 e. The Morgan fingerprint density at radius 2 is 1.95 bits per heavy atom. The summed E-state index contributed by atoms with van der Waals surface area (Å²) in [7, 11) is 0. The van der Waals surface area contributed by atoms with Gasteiger partial charge in [-0.05, 0) is 49.8 Å². The Bertz CT molecular complexity index is 387. The molecule has 0 aromatic heterocycles. The van der Waals surface area contributed by atoms with Crippen LogP contribution in [-0.4, -0.2) is 29.1 Å². The lowest BCUT2D eigenvalue weighted by Gasteiger charge is -2.37. The van der Waals surface area contributed by atoms with Gasteiger partial charge < -0.3 is 5.11 Å². The van der Waals surface area contributed by atoms with Crippen molar-refractivity contribution in [2.75, 3.05) is 13.1 Å². The first-order valence-electron chi connectivity index (χ1n) is 7.61. The second-order valence-electron chi connectivity index (χ2n) is 6.08. The van der Waals surface area contributed by atoms with Gasteiger partial charge in [-0.15, -0.1) is 0 Å². The Balaban J connectivity index is 1.94. The highest BCUT2D eigenvalue weighted by atomic mass is 16.3. The van der Waals surface area contributed by atoms with Crippen molar-refractivity contribution in [1.82, 2.24) is 4.90 Å². The van der Waals surface area contributed by atoms with Crippen LogP contribution in [0.5, 0.6) is 0 Å². The third kappa shape index (κ3) is 3.80. The Labute approximate surface area is 117 Å². The number of benzene rings is 1. The van der Waals surface area contributed by atoms with Crippen molar-refractivity contribution in [2.45, 2.75) is 52.2 Å². The van der Waals surface area contributed by atoms with E-state index < -0.39 is 0 Å². The van der Waals surface area contributed by atoms with E-state index >= 15 is 0 Å². The van der Waals surface area contributed by atoms with Crippen LogP contribution < -0.4 is 0 Å². The van der Waals surface area contributed by atoms with E-state index in [0.29, 0.717) is 6.04 Å². The van der Waals surface area contributed by atoms with E-state index in [4.69, 9.17) is 0 Å². The molecule has 1 saturated heterocycles. The first kappa shape index (κ1) is 14.5. The fourth-order valence-corrected chi connectivity index (χ4v) is 3.03. The average Bonchev–Trinajstić information content (AvgIpc) is 2.42. The zero-order chi connectivity index (χ0) is 13.8. The molecule has 0 bridgehead atoms. The average molecular weight is 261 g/mol. The lowest BCUT2D eigenvalue weighted by Crippen LogP contribution is -2.42. The Morgan fingerprint density at radius 1 is 1.26 bits per heavy atom. The summed E-state index contributed by atoms with van der Waals surface area (Å²) >= 11 is 0. The molecule has 2 rings (SSSR count). The van der Waals surface area contributed by atoms with Gasteiger partial charge in [0.15, 0.2) is 0 Å². The van der Waals surface area contributed by atoms with Gasteiger partial charge in [-0.1, -0.05) is 38.1 Å². The second-order valence-corrected chi connectivity index (χ2v) is 6.08. The lowest BCUT2D eigenvalue weighted by molar-refractivity contribution is 0.0601. The molecule has 106 valence electrons. The van der Waals surface area contributed by atoms with Gasteiger partial charge in [-0.3, -0.25) is 4.90 Å². The summed E-state index contributed by atoms with van der Waals surface area (Å²) in [4.78, 5) is 2.43. The van der Waals surface area contributed by atoms with Crippen LogP contribution in [0.3, 0.4) is 0 Å². The minimum Gasteiger partial charge on any atom is -0.387 e. The first-order chi connectivity index (χ1) is 9.10. The molecule has 3 unspecified atom stereocenters. The molecular formula is C17H27NO. The molecule has 1 fully saturated rings. The Kier molecular flexibility index (Phi) is 5.00. The van der Waals surface area contributed by atoms with Crippen molar-refractivity contribution >= 4 is 0 Å². The van der Waals surface area contributed by atoms with E-state index in [1.54, 1.807) is 0 Å². The highest BCUT2D eigenvalue weighted by Gasteiger charge is 2.24. The van der Waals surface area contributed by atoms with Gasteiger partial charge >= 0.3 is 0 Å². The van der Waals surface area contributed by atoms with Crippen molar-refractivity contribution in [1.29, 1.82) is 0 Å². The summed E-state index contributed by atoms with van der Waals surface area (Å²) in [6, 6.07) is 8.98. The standard InChI is InChI=1S/C17H27NO/c1-4-15-5-7-16(8-6-15)17(19)12-18-10-9-13(2)11-14(18)3/h5-8,13-14,17,19H,4,9-12H2,1-3H3. The van der Waals surface area contributed by atoms with E-state index in [2.05, 4.69) is 49.9 Å². The smallest absolute Gasteiger partial charge is 0.0917 e. The third-order valence-electron chi connectivity index (χ3n) is 4.46. The van der Waals surface area contributed by atoms with Crippen LogP contribution in [0.4, 0.5) is 0 Å². The summed E-state index contributed by atoms with van der Waals surface area (Å²) in [6.45, 7) is 8.64. The largest absolute Gasteiger partial charge is 0.387 e. The van der Waals surface area contributed by atoms with Crippen LogP contribution in [0.1, 0.15) is 50.8 Å². The number of piperidine rings is 1. The monoisotopic (exact) mass is 261 g/mol. The van der Waals surface area contributed by atoms with Crippen molar-refractivity contribution in [3.05, 3.63) is 35.4 Å².